The molecule has 3 rings (SSSR count). The number of nitrogens with zero attached hydrogens (tertiary/aromatic N) is 1. The summed E-state index contributed by atoms with van der Waals surface area (Å²) in [5.41, 5.74) is 1.32. The van der Waals surface area contributed by atoms with E-state index in [1.165, 1.54) is 36.6 Å². The van der Waals surface area contributed by atoms with Crippen LogP contribution in [0, 0.1) is 0 Å². The van der Waals surface area contributed by atoms with Gasteiger partial charge in [-0.1, -0.05) is 30.3 Å². The minimum absolute atomic E-state index is 0.128. The summed E-state index contributed by atoms with van der Waals surface area (Å²) in [6.07, 6.45) is 0. The van der Waals surface area contributed by atoms with Gasteiger partial charge >= 0.3 is 0 Å². The van der Waals surface area contributed by atoms with Gasteiger partial charge in [0.05, 0.1) is 17.7 Å². The summed E-state index contributed by atoms with van der Waals surface area (Å²) in [6.45, 7) is 0. The number of benzene rings is 2. The number of hydrogen-bond donors (Lipinski definition) is 2. The molecule has 0 atom stereocenters. The molecule has 3 N–H and O–H groups in total. The summed E-state index contributed by atoms with van der Waals surface area (Å²) in [4.78, 5) is 16.7. The van der Waals surface area contributed by atoms with Crippen LogP contribution in [0.3, 0.4) is 0 Å². The fourth-order valence-corrected chi connectivity index (χ4v) is 3.59. The summed E-state index contributed by atoms with van der Waals surface area (Å²) in [5, 5.41) is 10.1. The number of aromatic nitrogens is 1. The lowest BCUT2D eigenvalue weighted by Gasteiger charge is -2.10. The zero-order chi connectivity index (χ0) is 18.7. The highest BCUT2D eigenvalue weighted by Crippen LogP contribution is 2.28. The van der Waals surface area contributed by atoms with Gasteiger partial charge in [-0.25, -0.2) is 18.5 Å². The molecule has 0 fully saturated rings. The molecule has 0 unspecified atom stereocenters. The molecule has 134 valence electrons. The highest BCUT2D eigenvalue weighted by molar-refractivity contribution is 7.89. The number of rotatable bonds is 5. The summed E-state index contributed by atoms with van der Waals surface area (Å²) < 4.78 is 28.2. The van der Waals surface area contributed by atoms with E-state index in [9.17, 15) is 13.2 Å². The normalized spacial score (nSPS) is 11.2. The number of methoxy groups -OCH3 is 1. The molecule has 1 aromatic heterocycles. The molecule has 9 heteroatoms. The van der Waals surface area contributed by atoms with Crippen LogP contribution in [0.2, 0.25) is 0 Å². The van der Waals surface area contributed by atoms with E-state index in [1.807, 2.05) is 30.3 Å². The number of nitrogens with one attached hydrogen (secondary N) is 1. The number of nitrogens with two attached hydrogens (primary N) is 1. The molecule has 1 heterocycles. The quantitative estimate of drug-likeness (QED) is 0.697. The van der Waals surface area contributed by atoms with Crippen LogP contribution in [-0.4, -0.2) is 26.4 Å². The highest BCUT2D eigenvalue weighted by Gasteiger charge is 2.17. The van der Waals surface area contributed by atoms with Gasteiger partial charge < -0.3 is 10.1 Å². The summed E-state index contributed by atoms with van der Waals surface area (Å²) in [6, 6.07) is 13.5. The van der Waals surface area contributed by atoms with Gasteiger partial charge in [-0.15, -0.1) is 11.3 Å². The van der Waals surface area contributed by atoms with E-state index in [-0.39, 0.29) is 16.3 Å². The number of hydrogen-bond acceptors (Lipinski definition) is 6. The Kier molecular flexibility index (Phi) is 5.03. The van der Waals surface area contributed by atoms with Crippen LogP contribution >= 0.6 is 11.3 Å². The predicted molar refractivity (Wildman–Crippen MR) is 99.9 cm³/mol. The molecular weight excluding hydrogens is 374 g/mol. The van der Waals surface area contributed by atoms with Gasteiger partial charge in [-0.3, -0.25) is 4.79 Å². The van der Waals surface area contributed by atoms with Crippen molar-refractivity contribution in [3.05, 3.63) is 59.6 Å². The van der Waals surface area contributed by atoms with Crippen molar-refractivity contribution in [1.29, 1.82) is 0 Å². The molecule has 7 nitrogen and oxygen atoms in total. The van der Waals surface area contributed by atoms with E-state index >= 15 is 0 Å². The van der Waals surface area contributed by atoms with Crippen molar-refractivity contribution in [1.82, 2.24) is 4.98 Å². The van der Waals surface area contributed by atoms with Crippen molar-refractivity contribution >= 4 is 33.0 Å². The Morgan fingerprint density at radius 2 is 1.92 bits per heavy atom. The fourth-order valence-electron chi connectivity index (χ4n) is 2.24. The number of thiazole rings is 1. The molecule has 0 aliphatic heterocycles. The molecule has 0 bridgehead atoms. The molecule has 26 heavy (non-hydrogen) atoms. The van der Waals surface area contributed by atoms with E-state index in [0.29, 0.717) is 10.8 Å². The average molecular weight is 389 g/mol. The number of amides is 1. The Hall–Kier alpha value is -2.75. The lowest BCUT2D eigenvalue weighted by atomic mass is 10.2. The second-order valence-corrected chi connectivity index (χ2v) is 7.68. The van der Waals surface area contributed by atoms with Crippen molar-refractivity contribution in [2.45, 2.75) is 4.90 Å². The molecule has 0 radical (unpaired) electrons. The van der Waals surface area contributed by atoms with Crippen molar-refractivity contribution in [2.75, 3.05) is 12.4 Å². The average Bonchev–Trinajstić information content (AvgIpc) is 3.12. The van der Waals surface area contributed by atoms with Crippen LogP contribution in [0.5, 0.6) is 5.75 Å². The molecule has 0 aliphatic rings. The fraction of sp³-hybridized carbons (Fsp3) is 0.0588. The Bertz CT molecular complexity index is 1050. The Morgan fingerprint density at radius 3 is 2.58 bits per heavy atom. The first-order valence-corrected chi connectivity index (χ1v) is 9.84. The third-order valence-electron chi connectivity index (χ3n) is 3.51. The van der Waals surface area contributed by atoms with Gasteiger partial charge in [0, 0.05) is 10.9 Å². The van der Waals surface area contributed by atoms with Gasteiger partial charge in [0.15, 0.2) is 0 Å². The molecule has 0 aliphatic carbocycles. The Labute approximate surface area is 154 Å². The number of sulfonamides is 1. The van der Waals surface area contributed by atoms with Crippen molar-refractivity contribution in [3.8, 4) is 16.3 Å². The van der Waals surface area contributed by atoms with E-state index in [4.69, 9.17) is 9.88 Å². The maximum atomic E-state index is 12.5. The number of anilines is 1. The third-order valence-corrected chi connectivity index (χ3v) is 5.31. The van der Waals surface area contributed by atoms with Crippen LogP contribution in [-0.2, 0) is 10.0 Å². The second kappa shape index (κ2) is 7.24. The summed E-state index contributed by atoms with van der Waals surface area (Å²) in [5.74, 6) is -0.169. The first-order valence-electron chi connectivity index (χ1n) is 7.41. The van der Waals surface area contributed by atoms with Crippen molar-refractivity contribution in [3.63, 3.8) is 0 Å². The maximum absolute atomic E-state index is 12.5. The van der Waals surface area contributed by atoms with Gasteiger partial charge in [0.2, 0.25) is 10.0 Å². The second-order valence-electron chi connectivity index (χ2n) is 5.27. The van der Waals surface area contributed by atoms with E-state index in [0.717, 1.165) is 5.56 Å². The molecule has 2 aromatic carbocycles. The van der Waals surface area contributed by atoms with Gasteiger partial charge in [0.1, 0.15) is 16.5 Å². The van der Waals surface area contributed by atoms with Crippen LogP contribution < -0.4 is 15.2 Å². The van der Waals surface area contributed by atoms with Crippen molar-refractivity contribution in [2.24, 2.45) is 5.14 Å². The molecule has 0 spiro atoms. The van der Waals surface area contributed by atoms with Crippen LogP contribution in [0.1, 0.15) is 10.5 Å². The Balaban J connectivity index is 1.87. The van der Waals surface area contributed by atoms with Crippen LogP contribution in [0.15, 0.2) is 58.8 Å². The van der Waals surface area contributed by atoms with Gasteiger partial charge in [-0.2, -0.15) is 0 Å². The first kappa shape index (κ1) is 18.1. The zero-order valence-electron chi connectivity index (χ0n) is 13.7. The predicted octanol–water partition coefficient (Wildman–Crippen LogP) is 2.72. The third kappa shape index (κ3) is 3.90. The largest absolute Gasteiger partial charge is 0.495 e. The lowest BCUT2D eigenvalue weighted by molar-refractivity contribution is 0.102. The van der Waals surface area contributed by atoms with Crippen LogP contribution in [0.4, 0.5) is 5.69 Å². The highest BCUT2D eigenvalue weighted by atomic mass is 32.2. The summed E-state index contributed by atoms with van der Waals surface area (Å²) in [7, 11) is -2.49. The number of ether oxygens (including phenoxy) is 1. The molecule has 0 saturated carbocycles. The summed E-state index contributed by atoms with van der Waals surface area (Å²) >= 11 is 1.34. The molecular formula is C17H15N3O4S2. The van der Waals surface area contributed by atoms with Crippen LogP contribution in [0.25, 0.3) is 10.6 Å². The van der Waals surface area contributed by atoms with Gasteiger partial charge in [0.25, 0.3) is 5.91 Å². The molecule has 3 aromatic rings. The zero-order valence-corrected chi connectivity index (χ0v) is 15.3. The minimum Gasteiger partial charge on any atom is -0.495 e. The monoisotopic (exact) mass is 389 g/mol. The SMILES string of the molecule is COc1ccc(S(N)(=O)=O)cc1NC(=O)c1csc(-c2ccccc2)n1. The maximum Gasteiger partial charge on any atom is 0.275 e. The first-order chi connectivity index (χ1) is 12.4. The smallest absolute Gasteiger partial charge is 0.275 e. The van der Waals surface area contributed by atoms with E-state index < -0.39 is 15.9 Å². The Morgan fingerprint density at radius 1 is 1.19 bits per heavy atom. The minimum atomic E-state index is -3.90. The van der Waals surface area contributed by atoms with Crippen molar-refractivity contribution < 1.29 is 17.9 Å². The standard InChI is InChI=1S/C17H15N3O4S2/c1-24-15-8-7-12(26(18,22)23)9-13(15)19-16(21)14-10-25-17(20-14)11-5-3-2-4-6-11/h2-10H,1H3,(H,19,21)(H2,18,22,23). The molecule has 0 saturated heterocycles. The number of carbonyl (C=O) groups is 1. The van der Waals surface area contributed by atoms with E-state index in [1.54, 1.807) is 5.38 Å². The van der Waals surface area contributed by atoms with Gasteiger partial charge in [-0.05, 0) is 18.2 Å². The number of primary sulfonamides is 1. The lowest BCUT2D eigenvalue weighted by Crippen LogP contribution is -2.15. The topological polar surface area (TPSA) is 111 Å². The number of carbonyl (C=O) groups excluding carboxylic acids is 1. The molecule has 1 amide bonds. The van der Waals surface area contributed by atoms with E-state index in [2.05, 4.69) is 10.3 Å².